The van der Waals surface area contributed by atoms with Crippen LogP contribution in [0.25, 0.3) is 0 Å². The molecule has 102 valence electrons. The highest BCUT2D eigenvalue weighted by atomic mass is 16.4. The van der Waals surface area contributed by atoms with E-state index in [1.807, 2.05) is 14.0 Å². The van der Waals surface area contributed by atoms with Crippen molar-refractivity contribution in [3.63, 3.8) is 0 Å². The largest absolute Gasteiger partial charge is 0.406 e. The highest BCUT2D eigenvalue weighted by Crippen LogP contribution is 2.29. The first-order valence-corrected chi connectivity index (χ1v) is 6.64. The molecule has 18 heavy (non-hydrogen) atoms. The van der Waals surface area contributed by atoms with Crippen LogP contribution >= 0.6 is 0 Å². The van der Waals surface area contributed by atoms with E-state index in [9.17, 15) is 0 Å². The molecule has 1 aliphatic rings. The Bertz CT molecular complexity index is 365. The molecule has 6 nitrogen and oxygen atoms in total. The fourth-order valence-electron chi connectivity index (χ4n) is 2.01. The highest BCUT2D eigenvalue weighted by molar-refractivity contribution is 5.28. The number of aromatic nitrogens is 2. The Labute approximate surface area is 107 Å². The molecule has 0 radical (unpaired) electrons. The summed E-state index contributed by atoms with van der Waals surface area (Å²) in [5, 5.41) is 20.2. The Kier molecular flexibility index (Phi) is 4.54. The van der Waals surface area contributed by atoms with Crippen molar-refractivity contribution >= 4 is 6.01 Å². The second-order valence-corrected chi connectivity index (χ2v) is 4.79. The molecule has 1 aromatic rings. The predicted molar refractivity (Wildman–Crippen MR) is 68.5 cm³/mol. The van der Waals surface area contributed by atoms with Crippen LogP contribution in [0.1, 0.15) is 44.5 Å². The van der Waals surface area contributed by atoms with Gasteiger partial charge in [0.05, 0.1) is 6.04 Å². The normalized spacial score (nSPS) is 17.5. The van der Waals surface area contributed by atoms with Gasteiger partial charge in [0.15, 0.2) is 0 Å². The molecule has 0 aliphatic heterocycles. The number of anilines is 1. The Morgan fingerprint density at radius 1 is 1.50 bits per heavy atom. The summed E-state index contributed by atoms with van der Waals surface area (Å²) in [6.45, 7) is 2.95. The molecule has 2 N–H and O–H groups in total. The minimum absolute atomic E-state index is 0.0623. The number of hydrogen-bond acceptors (Lipinski definition) is 6. The molecule has 6 heteroatoms. The van der Waals surface area contributed by atoms with Gasteiger partial charge in [0, 0.05) is 19.2 Å². The van der Waals surface area contributed by atoms with E-state index in [1.165, 1.54) is 19.3 Å². The standard InChI is InChI=1S/C12H22N4O2/c1-9(13-2)11-14-15-12(18-11)16(7-4-8-17)10-5-3-6-10/h9-10,13,17H,3-8H2,1-2H3. The van der Waals surface area contributed by atoms with Crippen LogP contribution < -0.4 is 10.2 Å². The van der Waals surface area contributed by atoms with Gasteiger partial charge in [0.2, 0.25) is 5.89 Å². The van der Waals surface area contributed by atoms with E-state index in [4.69, 9.17) is 9.52 Å². The van der Waals surface area contributed by atoms with Gasteiger partial charge in [-0.3, -0.25) is 0 Å². The monoisotopic (exact) mass is 254 g/mol. The third-order valence-corrected chi connectivity index (χ3v) is 3.55. The number of nitrogens with zero attached hydrogens (tertiary/aromatic N) is 3. The quantitative estimate of drug-likeness (QED) is 0.758. The Morgan fingerprint density at radius 3 is 2.83 bits per heavy atom. The maximum absolute atomic E-state index is 8.96. The van der Waals surface area contributed by atoms with Crippen molar-refractivity contribution < 1.29 is 9.52 Å². The van der Waals surface area contributed by atoms with E-state index < -0.39 is 0 Å². The number of aliphatic hydroxyl groups is 1. The lowest BCUT2D eigenvalue weighted by Gasteiger charge is -2.36. The Hall–Kier alpha value is -1.14. The van der Waals surface area contributed by atoms with Gasteiger partial charge in [-0.1, -0.05) is 5.10 Å². The van der Waals surface area contributed by atoms with Crippen LogP contribution in [0.3, 0.4) is 0 Å². The minimum Gasteiger partial charge on any atom is -0.406 e. The molecule has 1 saturated carbocycles. The van der Waals surface area contributed by atoms with E-state index in [2.05, 4.69) is 20.4 Å². The zero-order chi connectivity index (χ0) is 13.0. The van der Waals surface area contributed by atoms with Gasteiger partial charge in [-0.05, 0) is 39.7 Å². The summed E-state index contributed by atoms with van der Waals surface area (Å²) in [5.74, 6) is 0.612. The van der Waals surface area contributed by atoms with E-state index in [1.54, 1.807) is 0 Å². The van der Waals surface area contributed by atoms with Crippen molar-refractivity contribution in [1.29, 1.82) is 0 Å². The zero-order valence-corrected chi connectivity index (χ0v) is 11.1. The van der Waals surface area contributed by atoms with Gasteiger partial charge in [0.1, 0.15) is 0 Å². The molecular weight excluding hydrogens is 232 g/mol. The molecule has 1 unspecified atom stereocenters. The van der Waals surface area contributed by atoms with E-state index in [0.717, 1.165) is 13.0 Å². The van der Waals surface area contributed by atoms with Crippen LogP contribution in [0.2, 0.25) is 0 Å². The summed E-state index contributed by atoms with van der Waals surface area (Å²) in [6, 6.07) is 1.15. The first kappa shape index (κ1) is 13.3. The van der Waals surface area contributed by atoms with Crippen LogP contribution in [-0.4, -0.2) is 41.5 Å². The maximum Gasteiger partial charge on any atom is 0.318 e. The molecule has 1 aliphatic carbocycles. The molecule has 0 saturated heterocycles. The first-order chi connectivity index (χ1) is 8.76. The molecule has 2 rings (SSSR count). The average Bonchev–Trinajstić information content (AvgIpc) is 2.80. The smallest absolute Gasteiger partial charge is 0.318 e. The summed E-state index contributed by atoms with van der Waals surface area (Å²) in [7, 11) is 1.87. The Balaban J connectivity index is 2.06. The van der Waals surface area contributed by atoms with Gasteiger partial charge in [-0.25, -0.2) is 0 Å². The summed E-state index contributed by atoms with van der Waals surface area (Å²) in [6.07, 6.45) is 4.33. The zero-order valence-electron chi connectivity index (χ0n) is 11.1. The third-order valence-electron chi connectivity index (χ3n) is 3.55. The van der Waals surface area contributed by atoms with Gasteiger partial charge < -0.3 is 19.7 Å². The van der Waals surface area contributed by atoms with E-state index in [0.29, 0.717) is 17.9 Å². The molecule has 0 amide bonds. The van der Waals surface area contributed by atoms with Crippen LogP contribution in [-0.2, 0) is 0 Å². The van der Waals surface area contributed by atoms with Gasteiger partial charge in [-0.2, -0.15) is 0 Å². The lowest BCUT2D eigenvalue weighted by Crippen LogP contribution is -2.41. The summed E-state index contributed by atoms with van der Waals surface area (Å²) >= 11 is 0. The molecule has 0 spiro atoms. The summed E-state index contributed by atoms with van der Waals surface area (Å²) < 4.78 is 5.71. The van der Waals surface area contributed by atoms with Crippen molar-refractivity contribution in [1.82, 2.24) is 15.5 Å². The minimum atomic E-state index is 0.0623. The van der Waals surface area contributed by atoms with E-state index in [-0.39, 0.29) is 12.6 Å². The van der Waals surface area contributed by atoms with Crippen molar-refractivity contribution in [2.24, 2.45) is 0 Å². The maximum atomic E-state index is 8.96. The molecule has 1 fully saturated rings. The number of hydrogen-bond donors (Lipinski definition) is 2. The SMILES string of the molecule is CNC(C)c1nnc(N(CCCO)C2CCC2)o1. The van der Waals surface area contributed by atoms with Crippen molar-refractivity contribution in [2.75, 3.05) is 25.1 Å². The fourth-order valence-corrected chi connectivity index (χ4v) is 2.01. The van der Waals surface area contributed by atoms with Gasteiger partial charge in [-0.15, -0.1) is 5.10 Å². The molecule has 0 aromatic carbocycles. The number of nitrogens with one attached hydrogen (secondary N) is 1. The second-order valence-electron chi connectivity index (χ2n) is 4.79. The first-order valence-electron chi connectivity index (χ1n) is 6.64. The van der Waals surface area contributed by atoms with Gasteiger partial charge >= 0.3 is 6.01 Å². The van der Waals surface area contributed by atoms with Crippen LogP contribution in [0.4, 0.5) is 6.01 Å². The Morgan fingerprint density at radius 2 is 2.28 bits per heavy atom. The van der Waals surface area contributed by atoms with Gasteiger partial charge in [0.25, 0.3) is 0 Å². The molecule has 1 aromatic heterocycles. The lowest BCUT2D eigenvalue weighted by molar-refractivity contribution is 0.279. The number of rotatable bonds is 7. The number of aliphatic hydroxyl groups excluding tert-OH is 1. The molecule has 1 atom stereocenters. The summed E-state index contributed by atoms with van der Waals surface area (Å²) in [5.41, 5.74) is 0. The third kappa shape index (κ3) is 2.81. The van der Waals surface area contributed by atoms with Crippen molar-refractivity contribution in [3.8, 4) is 0 Å². The van der Waals surface area contributed by atoms with Crippen LogP contribution in [0, 0.1) is 0 Å². The molecule has 0 bridgehead atoms. The fraction of sp³-hybridized carbons (Fsp3) is 0.833. The topological polar surface area (TPSA) is 74.4 Å². The second kappa shape index (κ2) is 6.15. The lowest BCUT2D eigenvalue weighted by atomic mass is 9.91. The van der Waals surface area contributed by atoms with Crippen LogP contribution in [0.15, 0.2) is 4.42 Å². The van der Waals surface area contributed by atoms with Crippen molar-refractivity contribution in [3.05, 3.63) is 5.89 Å². The summed E-state index contributed by atoms with van der Waals surface area (Å²) in [4.78, 5) is 2.14. The molecular formula is C12H22N4O2. The highest BCUT2D eigenvalue weighted by Gasteiger charge is 2.28. The molecule has 1 heterocycles. The van der Waals surface area contributed by atoms with Crippen molar-refractivity contribution in [2.45, 2.75) is 44.7 Å². The van der Waals surface area contributed by atoms with Crippen LogP contribution in [0.5, 0.6) is 0 Å². The average molecular weight is 254 g/mol. The van der Waals surface area contributed by atoms with E-state index >= 15 is 0 Å². The predicted octanol–water partition coefficient (Wildman–Crippen LogP) is 1.09.